The van der Waals surface area contributed by atoms with E-state index in [-0.39, 0.29) is 6.42 Å². The Hall–Kier alpha value is -1.25. The van der Waals surface area contributed by atoms with Crippen LogP contribution >= 0.6 is 0 Å². The predicted molar refractivity (Wildman–Crippen MR) is 46.2 cm³/mol. The molecular weight excluding hydrogens is 154 g/mol. The van der Waals surface area contributed by atoms with Gasteiger partial charge in [0.05, 0.1) is 6.42 Å². The van der Waals surface area contributed by atoms with Crippen molar-refractivity contribution in [3.05, 3.63) is 24.0 Å². The normalized spacial score (nSPS) is 10.6. The highest BCUT2D eigenvalue weighted by molar-refractivity contribution is 5.69. The van der Waals surface area contributed by atoms with Crippen LogP contribution in [0.1, 0.15) is 25.6 Å². The minimum Gasteiger partial charge on any atom is -0.481 e. The van der Waals surface area contributed by atoms with E-state index in [1.807, 2.05) is 36.7 Å². The molecule has 66 valence electrons. The Labute approximate surface area is 71.6 Å². The van der Waals surface area contributed by atoms with E-state index >= 15 is 0 Å². The Bertz CT molecular complexity index is 276. The van der Waals surface area contributed by atoms with Gasteiger partial charge in [-0.3, -0.25) is 4.79 Å². The van der Waals surface area contributed by atoms with Gasteiger partial charge in [-0.15, -0.1) is 0 Å². The van der Waals surface area contributed by atoms with Crippen molar-refractivity contribution in [1.82, 2.24) is 4.57 Å². The van der Waals surface area contributed by atoms with Crippen LogP contribution in [0.25, 0.3) is 0 Å². The minimum atomic E-state index is -0.782. The van der Waals surface area contributed by atoms with Crippen LogP contribution in [-0.2, 0) is 11.2 Å². The summed E-state index contributed by atoms with van der Waals surface area (Å²) in [7, 11) is 0. The van der Waals surface area contributed by atoms with Crippen LogP contribution < -0.4 is 0 Å². The zero-order valence-electron chi connectivity index (χ0n) is 7.32. The van der Waals surface area contributed by atoms with Crippen LogP contribution in [0.5, 0.6) is 0 Å². The zero-order chi connectivity index (χ0) is 9.14. The van der Waals surface area contributed by atoms with E-state index in [1.54, 1.807) is 0 Å². The third-order valence-electron chi connectivity index (χ3n) is 1.76. The second kappa shape index (κ2) is 3.43. The van der Waals surface area contributed by atoms with Crippen molar-refractivity contribution < 1.29 is 9.90 Å². The van der Waals surface area contributed by atoms with E-state index in [0.717, 1.165) is 5.69 Å². The van der Waals surface area contributed by atoms with E-state index in [2.05, 4.69) is 0 Å². The molecule has 0 unspecified atom stereocenters. The van der Waals surface area contributed by atoms with Crippen LogP contribution in [-0.4, -0.2) is 15.6 Å². The van der Waals surface area contributed by atoms with Gasteiger partial charge in [0, 0.05) is 17.9 Å². The summed E-state index contributed by atoms with van der Waals surface area (Å²) < 4.78 is 1.97. The fourth-order valence-corrected chi connectivity index (χ4v) is 1.24. The van der Waals surface area contributed by atoms with Gasteiger partial charge in [0.1, 0.15) is 0 Å². The molecule has 0 aromatic carbocycles. The molecule has 0 saturated carbocycles. The molecule has 0 bridgehead atoms. The van der Waals surface area contributed by atoms with Crippen molar-refractivity contribution in [2.45, 2.75) is 26.3 Å². The first-order valence-electron chi connectivity index (χ1n) is 3.98. The molecule has 1 aromatic rings. The molecule has 3 heteroatoms. The first-order valence-corrected chi connectivity index (χ1v) is 3.98. The lowest BCUT2D eigenvalue weighted by Gasteiger charge is -2.10. The molecule has 0 aliphatic carbocycles. The van der Waals surface area contributed by atoms with Crippen LogP contribution in [0.15, 0.2) is 18.3 Å². The first kappa shape index (κ1) is 8.84. The highest BCUT2D eigenvalue weighted by atomic mass is 16.4. The molecule has 0 aliphatic rings. The minimum absolute atomic E-state index is 0.102. The smallest absolute Gasteiger partial charge is 0.309 e. The van der Waals surface area contributed by atoms with E-state index in [0.29, 0.717) is 6.04 Å². The van der Waals surface area contributed by atoms with Gasteiger partial charge in [-0.25, -0.2) is 0 Å². The maximum atomic E-state index is 10.4. The van der Waals surface area contributed by atoms with E-state index in [9.17, 15) is 4.79 Å². The Morgan fingerprint density at radius 3 is 2.83 bits per heavy atom. The zero-order valence-corrected chi connectivity index (χ0v) is 7.32. The number of nitrogens with zero attached hydrogens (tertiary/aromatic N) is 1. The molecule has 0 amide bonds. The van der Waals surface area contributed by atoms with Crippen LogP contribution in [0.2, 0.25) is 0 Å². The van der Waals surface area contributed by atoms with Crippen molar-refractivity contribution in [3.63, 3.8) is 0 Å². The Morgan fingerprint density at radius 2 is 2.33 bits per heavy atom. The van der Waals surface area contributed by atoms with Gasteiger partial charge in [-0.2, -0.15) is 0 Å². The second-order valence-corrected chi connectivity index (χ2v) is 3.07. The van der Waals surface area contributed by atoms with E-state index in [4.69, 9.17) is 5.11 Å². The molecule has 1 rings (SSSR count). The summed E-state index contributed by atoms with van der Waals surface area (Å²) in [5.41, 5.74) is 0.859. The van der Waals surface area contributed by atoms with E-state index in [1.165, 1.54) is 0 Å². The summed E-state index contributed by atoms with van der Waals surface area (Å²) in [6.07, 6.45) is 2.01. The summed E-state index contributed by atoms with van der Waals surface area (Å²) in [5.74, 6) is -0.782. The average molecular weight is 167 g/mol. The largest absolute Gasteiger partial charge is 0.481 e. The number of carboxylic acids is 1. The molecule has 0 spiro atoms. The second-order valence-electron chi connectivity index (χ2n) is 3.07. The third-order valence-corrected chi connectivity index (χ3v) is 1.76. The summed E-state index contributed by atoms with van der Waals surface area (Å²) in [5, 5.41) is 8.58. The van der Waals surface area contributed by atoms with Crippen molar-refractivity contribution in [2.24, 2.45) is 0 Å². The molecule has 0 saturated heterocycles. The molecular formula is C9H13NO2. The third kappa shape index (κ3) is 1.87. The van der Waals surface area contributed by atoms with Gasteiger partial charge < -0.3 is 9.67 Å². The summed E-state index contributed by atoms with van der Waals surface area (Å²) in [6, 6.07) is 4.04. The maximum absolute atomic E-state index is 10.4. The van der Waals surface area contributed by atoms with Crippen molar-refractivity contribution in [2.75, 3.05) is 0 Å². The lowest BCUT2D eigenvalue weighted by molar-refractivity contribution is -0.136. The Kier molecular flexibility index (Phi) is 2.53. The molecule has 0 radical (unpaired) electrons. The predicted octanol–water partition coefficient (Wildman–Crippen LogP) is 1.70. The Morgan fingerprint density at radius 1 is 1.67 bits per heavy atom. The molecule has 0 fully saturated rings. The highest BCUT2D eigenvalue weighted by Gasteiger charge is 2.06. The first-order chi connectivity index (χ1) is 5.61. The standard InChI is InChI=1S/C9H13NO2/c1-7(2)10-5-3-4-8(10)6-9(11)12/h3-5,7H,6H2,1-2H3,(H,11,12). The van der Waals surface area contributed by atoms with Gasteiger partial charge in [0.15, 0.2) is 0 Å². The molecule has 1 N–H and O–H groups in total. The highest BCUT2D eigenvalue weighted by Crippen LogP contribution is 2.10. The SMILES string of the molecule is CC(C)n1cccc1CC(=O)O. The topological polar surface area (TPSA) is 42.2 Å². The number of rotatable bonds is 3. The molecule has 1 aromatic heterocycles. The lowest BCUT2D eigenvalue weighted by atomic mass is 10.3. The number of carbonyl (C=O) groups is 1. The number of aromatic nitrogens is 1. The number of aliphatic carboxylic acids is 1. The molecule has 0 aliphatic heterocycles. The molecule has 12 heavy (non-hydrogen) atoms. The van der Waals surface area contributed by atoms with Crippen LogP contribution in [0.3, 0.4) is 0 Å². The number of carboxylic acid groups (broad SMARTS) is 1. The van der Waals surface area contributed by atoms with Crippen molar-refractivity contribution >= 4 is 5.97 Å². The number of hydrogen-bond donors (Lipinski definition) is 1. The number of hydrogen-bond acceptors (Lipinski definition) is 1. The van der Waals surface area contributed by atoms with Gasteiger partial charge >= 0.3 is 5.97 Å². The summed E-state index contributed by atoms with van der Waals surface area (Å²) in [4.78, 5) is 10.4. The van der Waals surface area contributed by atoms with Gasteiger partial charge in [-0.1, -0.05) is 0 Å². The molecule has 3 nitrogen and oxygen atoms in total. The summed E-state index contributed by atoms with van der Waals surface area (Å²) >= 11 is 0. The molecule has 1 heterocycles. The van der Waals surface area contributed by atoms with Crippen LogP contribution in [0.4, 0.5) is 0 Å². The quantitative estimate of drug-likeness (QED) is 0.744. The fraction of sp³-hybridized carbons (Fsp3) is 0.444. The fourth-order valence-electron chi connectivity index (χ4n) is 1.24. The summed E-state index contributed by atoms with van der Waals surface area (Å²) in [6.45, 7) is 4.07. The monoisotopic (exact) mass is 167 g/mol. The van der Waals surface area contributed by atoms with Gasteiger partial charge in [-0.05, 0) is 26.0 Å². The lowest BCUT2D eigenvalue weighted by Crippen LogP contribution is -2.09. The van der Waals surface area contributed by atoms with Crippen molar-refractivity contribution in [1.29, 1.82) is 0 Å². The maximum Gasteiger partial charge on any atom is 0.309 e. The van der Waals surface area contributed by atoms with E-state index < -0.39 is 5.97 Å². The van der Waals surface area contributed by atoms with Crippen LogP contribution in [0, 0.1) is 0 Å². The Balaban J connectivity index is 2.84. The van der Waals surface area contributed by atoms with Gasteiger partial charge in [0.25, 0.3) is 0 Å². The van der Waals surface area contributed by atoms with Gasteiger partial charge in [0.2, 0.25) is 0 Å². The van der Waals surface area contributed by atoms with Crippen molar-refractivity contribution in [3.8, 4) is 0 Å². The molecule has 0 atom stereocenters. The average Bonchev–Trinajstić information content (AvgIpc) is 2.33.